The lowest BCUT2D eigenvalue weighted by atomic mass is 10.2. The maximum Gasteiger partial charge on any atom is 0.251 e. The van der Waals surface area contributed by atoms with Crippen molar-refractivity contribution in [1.29, 1.82) is 0 Å². The van der Waals surface area contributed by atoms with Crippen LogP contribution in [0.2, 0.25) is 0 Å². The second kappa shape index (κ2) is 5.21. The van der Waals surface area contributed by atoms with E-state index in [4.69, 9.17) is 9.15 Å². The zero-order valence-corrected chi connectivity index (χ0v) is 9.47. The third-order valence-electron chi connectivity index (χ3n) is 2.39. The molecule has 2 aromatic rings. The van der Waals surface area contributed by atoms with E-state index in [1.54, 1.807) is 43.9 Å². The molecular formula is C13H13NO3. The molecular weight excluding hydrogens is 218 g/mol. The monoisotopic (exact) mass is 231 g/mol. The van der Waals surface area contributed by atoms with Gasteiger partial charge in [-0.1, -0.05) is 0 Å². The van der Waals surface area contributed by atoms with Crippen LogP contribution in [0.25, 0.3) is 0 Å². The fourth-order valence-corrected chi connectivity index (χ4v) is 1.42. The first-order valence-corrected chi connectivity index (χ1v) is 5.23. The van der Waals surface area contributed by atoms with E-state index in [0.717, 1.165) is 11.3 Å². The fourth-order valence-electron chi connectivity index (χ4n) is 1.42. The molecule has 0 fully saturated rings. The summed E-state index contributed by atoms with van der Waals surface area (Å²) in [6, 6.07) is 8.78. The maximum absolute atomic E-state index is 11.8. The van der Waals surface area contributed by atoms with Crippen LogP contribution >= 0.6 is 0 Å². The second-order valence-electron chi connectivity index (χ2n) is 3.54. The number of amides is 1. The van der Waals surface area contributed by atoms with Gasteiger partial charge in [0.15, 0.2) is 0 Å². The zero-order valence-electron chi connectivity index (χ0n) is 9.47. The van der Waals surface area contributed by atoms with Gasteiger partial charge in [0.25, 0.3) is 5.91 Å². The highest BCUT2D eigenvalue weighted by Crippen LogP contribution is 2.11. The Bertz CT molecular complexity index is 474. The van der Waals surface area contributed by atoms with Gasteiger partial charge in [-0.2, -0.15) is 0 Å². The highest BCUT2D eigenvalue weighted by molar-refractivity contribution is 5.94. The molecule has 0 bridgehead atoms. The molecule has 0 spiro atoms. The molecule has 1 aromatic heterocycles. The number of carbonyl (C=O) groups excluding carboxylic acids is 1. The summed E-state index contributed by atoms with van der Waals surface area (Å²) < 4.78 is 9.94. The molecule has 88 valence electrons. The van der Waals surface area contributed by atoms with E-state index in [2.05, 4.69) is 5.32 Å². The predicted octanol–water partition coefficient (Wildman–Crippen LogP) is 2.22. The Morgan fingerprint density at radius 1 is 1.29 bits per heavy atom. The van der Waals surface area contributed by atoms with E-state index in [0.29, 0.717) is 12.1 Å². The van der Waals surface area contributed by atoms with Gasteiger partial charge in [-0.15, -0.1) is 0 Å². The van der Waals surface area contributed by atoms with E-state index in [9.17, 15) is 4.79 Å². The van der Waals surface area contributed by atoms with Gasteiger partial charge < -0.3 is 14.5 Å². The highest BCUT2D eigenvalue weighted by atomic mass is 16.5. The molecule has 4 nitrogen and oxygen atoms in total. The maximum atomic E-state index is 11.8. The van der Waals surface area contributed by atoms with Crippen molar-refractivity contribution >= 4 is 5.91 Å². The summed E-state index contributed by atoms with van der Waals surface area (Å²) in [5, 5.41) is 2.80. The number of ether oxygens (including phenoxy) is 1. The van der Waals surface area contributed by atoms with Crippen molar-refractivity contribution in [2.45, 2.75) is 6.54 Å². The normalized spacial score (nSPS) is 9.94. The van der Waals surface area contributed by atoms with Gasteiger partial charge in [-0.25, -0.2) is 0 Å². The first-order valence-electron chi connectivity index (χ1n) is 5.23. The standard InChI is InChI=1S/C13H13NO3/c1-16-12-4-2-11(3-5-12)13(15)14-8-10-6-7-17-9-10/h2-7,9H,8H2,1H3,(H,14,15). The van der Waals surface area contributed by atoms with Crippen molar-refractivity contribution in [1.82, 2.24) is 5.32 Å². The van der Waals surface area contributed by atoms with E-state index in [-0.39, 0.29) is 5.91 Å². The molecule has 1 heterocycles. The number of carbonyl (C=O) groups is 1. The third kappa shape index (κ3) is 2.87. The molecule has 0 aliphatic carbocycles. The SMILES string of the molecule is COc1ccc(C(=O)NCc2ccoc2)cc1. The number of nitrogens with one attached hydrogen (secondary N) is 1. The second-order valence-corrected chi connectivity index (χ2v) is 3.54. The average Bonchev–Trinajstić information content (AvgIpc) is 2.89. The minimum absolute atomic E-state index is 0.117. The first kappa shape index (κ1) is 11.3. The summed E-state index contributed by atoms with van der Waals surface area (Å²) in [4.78, 5) is 11.8. The lowest BCUT2D eigenvalue weighted by molar-refractivity contribution is 0.0951. The minimum Gasteiger partial charge on any atom is -0.497 e. The largest absolute Gasteiger partial charge is 0.497 e. The molecule has 1 amide bonds. The zero-order chi connectivity index (χ0) is 12.1. The smallest absolute Gasteiger partial charge is 0.251 e. The van der Waals surface area contributed by atoms with Crippen LogP contribution in [0.15, 0.2) is 47.3 Å². The summed E-state index contributed by atoms with van der Waals surface area (Å²) in [5.74, 6) is 0.616. The first-order chi connectivity index (χ1) is 8.29. The van der Waals surface area contributed by atoms with Crippen LogP contribution in [0.5, 0.6) is 5.75 Å². The van der Waals surface area contributed by atoms with Crippen LogP contribution in [0.3, 0.4) is 0 Å². The minimum atomic E-state index is -0.117. The van der Waals surface area contributed by atoms with Crippen LogP contribution < -0.4 is 10.1 Å². The third-order valence-corrected chi connectivity index (χ3v) is 2.39. The molecule has 0 aliphatic heterocycles. The Labute approximate surface area is 99.2 Å². The van der Waals surface area contributed by atoms with E-state index in [1.807, 2.05) is 6.07 Å². The molecule has 17 heavy (non-hydrogen) atoms. The van der Waals surface area contributed by atoms with E-state index >= 15 is 0 Å². The number of benzene rings is 1. The lowest BCUT2D eigenvalue weighted by Gasteiger charge is -2.04. The van der Waals surface area contributed by atoms with Gasteiger partial charge in [-0.05, 0) is 30.3 Å². The lowest BCUT2D eigenvalue weighted by Crippen LogP contribution is -2.22. The average molecular weight is 231 g/mol. The Kier molecular flexibility index (Phi) is 3.45. The molecule has 0 saturated heterocycles. The Morgan fingerprint density at radius 2 is 2.06 bits per heavy atom. The van der Waals surface area contributed by atoms with Gasteiger partial charge >= 0.3 is 0 Å². The van der Waals surface area contributed by atoms with Crippen LogP contribution in [0.1, 0.15) is 15.9 Å². The van der Waals surface area contributed by atoms with Crippen LogP contribution in [-0.2, 0) is 6.54 Å². The van der Waals surface area contributed by atoms with Gasteiger partial charge in [0, 0.05) is 17.7 Å². The molecule has 1 aromatic carbocycles. The molecule has 0 radical (unpaired) electrons. The Morgan fingerprint density at radius 3 is 2.65 bits per heavy atom. The molecule has 2 rings (SSSR count). The van der Waals surface area contributed by atoms with E-state index < -0.39 is 0 Å². The van der Waals surface area contributed by atoms with Crippen molar-refractivity contribution < 1.29 is 13.9 Å². The van der Waals surface area contributed by atoms with Gasteiger partial charge in [0.05, 0.1) is 19.6 Å². The molecule has 0 aliphatic rings. The van der Waals surface area contributed by atoms with E-state index in [1.165, 1.54) is 0 Å². The van der Waals surface area contributed by atoms with Gasteiger partial charge in [0.1, 0.15) is 5.75 Å². The Hall–Kier alpha value is -2.23. The Balaban J connectivity index is 1.95. The molecule has 1 N–H and O–H groups in total. The molecule has 4 heteroatoms. The van der Waals surface area contributed by atoms with Crippen molar-refractivity contribution in [3.05, 3.63) is 54.0 Å². The van der Waals surface area contributed by atoms with Crippen molar-refractivity contribution in [3.8, 4) is 5.75 Å². The molecule has 0 saturated carbocycles. The summed E-state index contributed by atoms with van der Waals surface area (Å²) in [5.41, 5.74) is 1.54. The van der Waals surface area contributed by atoms with Crippen LogP contribution in [0, 0.1) is 0 Å². The van der Waals surface area contributed by atoms with Crippen molar-refractivity contribution in [2.75, 3.05) is 7.11 Å². The molecule has 0 unspecified atom stereocenters. The summed E-state index contributed by atoms with van der Waals surface area (Å²) in [6.45, 7) is 0.460. The number of furan rings is 1. The number of hydrogen-bond acceptors (Lipinski definition) is 3. The number of hydrogen-bond donors (Lipinski definition) is 1. The van der Waals surface area contributed by atoms with Gasteiger partial charge in [-0.3, -0.25) is 4.79 Å². The molecule has 0 atom stereocenters. The number of rotatable bonds is 4. The van der Waals surface area contributed by atoms with Crippen molar-refractivity contribution in [2.24, 2.45) is 0 Å². The quantitative estimate of drug-likeness (QED) is 0.877. The summed E-state index contributed by atoms with van der Waals surface area (Å²) >= 11 is 0. The number of methoxy groups -OCH3 is 1. The van der Waals surface area contributed by atoms with Crippen molar-refractivity contribution in [3.63, 3.8) is 0 Å². The predicted molar refractivity (Wildman–Crippen MR) is 62.9 cm³/mol. The fraction of sp³-hybridized carbons (Fsp3) is 0.154. The van der Waals surface area contributed by atoms with Crippen LogP contribution in [0.4, 0.5) is 0 Å². The summed E-state index contributed by atoms with van der Waals surface area (Å²) in [7, 11) is 1.59. The summed E-state index contributed by atoms with van der Waals surface area (Å²) in [6.07, 6.45) is 3.18. The highest BCUT2D eigenvalue weighted by Gasteiger charge is 2.05. The topological polar surface area (TPSA) is 51.5 Å². The van der Waals surface area contributed by atoms with Gasteiger partial charge in [0.2, 0.25) is 0 Å². The van der Waals surface area contributed by atoms with Crippen LogP contribution in [-0.4, -0.2) is 13.0 Å².